The number of methoxy groups -OCH3 is 1. The molecular formula is C13H26O2. The predicted molar refractivity (Wildman–Crippen MR) is 63.0 cm³/mol. The first-order valence-corrected chi connectivity index (χ1v) is 6.54. The van der Waals surface area contributed by atoms with Crippen molar-refractivity contribution >= 4 is 0 Å². The molecule has 0 bridgehead atoms. The second-order valence-corrected chi connectivity index (χ2v) is 4.79. The average Bonchev–Trinajstić information content (AvgIpc) is 2.32. The Labute approximate surface area is 94.0 Å². The summed E-state index contributed by atoms with van der Waals surface area (Å²) >= 11 is 0. The van der Waals surface area contributed by atoms with Crippen LogP contribution in [0.5, 0.6) is 0 Å². The maximum Gasteiger partial charge on any atom is 0.0571 e. The van der Waals surface area contributed by atoms with Crippen LogP contribution in [-0.4, -0.2) is 24.4 Å². The standard InChI is InChI=1S/C7H14O.C6H12O/c1-8-7-5-3-2-4-6-7;7-6-4-2-1-3-5-6/h7H,2-6H2,1H3;6-7H,1-5H2. The van der Waals surface area contributed by atoms with E-state index in [1.165, 1.54) is 51.4 Å². The van der Waals surface area contributed by atoms with Crippen molar-refractivity contribution in [3.05, 3.63) is 0 Å². The van der Waals surface area contributed by atoms with Gasteiger partial charge in [-0.25, -0.2) is 0 Å². The first-order valence-electron chi connectivity index (χ1n) is 6.54. The Hall–Kier alpha value is -0.0800. The van der Waals surface area contributed by atoms with Crippen LogP contribution in [0, 0.1) is 0 Å². The lowest BCUT2D eigenvalue weighted by atomic mass is 9.98. The Morgan fingerprint density at radius 3 is 1.53 bits per heavy atom. The van der Waals surface area contributed by atoms with E-state index in [1.54, 1.807) is 0 Å². The molecule has 0 heterocycles. The molecule has 0 amide bonds. The van der Waals surface area contributed by atoms with E-state index in [4.69, 9.17) is 9.84 Å². The van der Waals surface area contributed by atoms with E-state index in [0.29, 0.717) is 6.10 Å². The van der Waals surface area contributed by atoms with E-state index >= 15 is 0 Å². The van der Waals surface area contributed by atoms with Crippen LogP contribution in [0.15, 0.2) is 0 Å². The van der Waals surface area contributed by atoms with E-state index in [-0.39, 0.29) is 6.10 Å². The Kier molecular flexibility index (Phi) is 7.03. The van der Waals surface area contributed by atoms with Crippen LogP contribution in [0.25, 0.3) is 0 Å². The van der Waals surface area contributed by atoms with E-state index in [2.05, 4.69) is 0 Å². The van der Waals surface area contributed by atoms with Gasteiger partial charge in [-0.2, -0.15) is 0 Å². The number of hydrogen-bond acceptors (Lipinski definition) is 2. The van der Waals surface area contributed by atoms with Gasteiger partial charge in [0.2, 0.25) is 0 Å². The first kappa shape index (κ1) is 13.0. The highest BCUT2D eigenvalue weighted by Gasteiger charge is 2.10. The van der Waals surface area contributed by atoms with Gasteiger partial charge >= 0.3 is 0 Å². The van der Waals surface area contributed by atoms with E-state index < -0.39 is 0 Å². The third kappa shape index (κ3) is 6.16. The van der Waals surface area contributed by atoms with Crippen molar-refractivity contribution in [2.24, 2.45) is 0 Å². The molecule has 2 heteroatoms. The van der Waals surface area contributed by atoms with Crippen molar-refractivity contribution in [2.45, 2.75) is 76.4 Å². The molecule has 2 fully saturated rings. The highest BCUT2D eigenvalue weighted by Crippen LogP contribution is 2.19. The maximum atomic E-state index is 8.91. The lowest BCUT2D eigenvalue weighted by Crippen LogP contribution is -2.13. The third-order valence-electron chi connectivity index (χ3n) is 3.46. The van der Waals surface area contributed by atoms with E-state index in [9.17, 15) is 0 Å². The topological polar surface area (TPSA) is 29.5 Å². The maximum absolute atomic E-state index is 8.91. The molecule has 90 valence electrons. The summed E-state index contributed by atoms with van der Waals surface area (Å²) in [5.41, 5.74) is 0. The fraction of sp³-hybridized carbons (Fsp3) is 1.00. The average molecular weight is 214 g/mol. The highest BCUT2D eigenvalue weighted by molar-refractivity contribution is 4.63. The molecule has 0 spiro atoms. The number of aliphatic hydroxyl groups is 1. The van der Waals surface area contributed by atoms with Crippen molar-refractivity contribution in [1.29, 1.82) is 0 Å². The van der Waals surface area contributed by atoms with Gasteiger partial charge in [-0.3, -0.25) is 0 Å². The zero-order valence-corrected chi connectivity index (χ0v) is 10.1. The van der Waals surface area contributed by atoms with Gasteiger partial charge in [0.05, 0.1) is 12.2 Å². The van der Waals surface area contributed by atoms with Crippen molar-refractivity contribution in [3.63, 3.8) is 0 Å². The molecule has 0 unspecified atom stereocenters. The van der Waals surface area contributed by atoms with Crippen molar-refractivity contribution in [1.82, 2.24) is 0 Å². The van der Waals surface area contributed by atoms with Crippen molar-refractivity contribution in [3.8, 4) is 0 Å². The molecule has 0 saturated heterocycles. The molecule has 0 radical (unpaired) electrons. The summed E-state index contributed by atoms with van der Waals surface area (Å²) in [5.74, 6) is 0. The Morgan fingerprint density at radius 1 is 0.800 bits per heavy atom. The highest BCUT2D eigenvalue weighted by atomic mass is 16.5. The minimum Gasteiger partial charge on any atom is -0.393 e. The molecule has 0 aliphatic heterocycles. The van der Waals surface area contributed by atoms with Crippen molar-refractivity contribution < 1.29 is 9.84 Å². The minimum absolute atomic E-state index is 0.0359. The normalized spacial score (nSPS) is 24.4. The van der Waals surface area contributed by atoms with Crippen LogP contribution in [0.3, 0.4) is 0 Å². The van der Waals surface area contributed by atoms with Gasteiger partial charge < -0.3 is 9.84 Å². The molecule has 0 aromatic rings. The summed E-state index contributed by atoms with van der Waals surface area (Å²) in [4.78, 5) is 0. The summed E-state index contributed by atoms with van der Waals surface area (Å²) < 4.78 is 5.19. The molecule has 0 atom stereocenters. The predicted octanol–water partition coefficient (Wildman–Crippen LogP) is 3.28. The second kappa shape index (κ2) is 8.12. The van der Waals surface area contributed by atoms with Gasteiger partial charge in [0.25, 0.3) is 0 Å². The Bertz CT molecular complexity index is 135. The minimum atomic E-state index is 0.0359. The molecule has 2 aliphatic carbocycles. The Morgan fingerprint density at radius 2 is 1.27 bits per heavy atom. The molecule has 0 aromatic heterocycles. The smallest absolute Gasteiger partial charge is 0.0571 e. The first-order chi connectivity index (χ1) is 7.33. The molecule has 2 rings (SSSR count). The molecule has 1 N–H and O–H groups in total. The third-order valence-corrected chi connectivity index (χ3v) is 3.46. The van der Waals surface area contributed by atoms with Gasteiger partial charge in [0, 0.05) is 7.11 Å². The summed E-state index contributed by atoms with van der Waals surface area (Å²) in [6.07, 6.45) is 13.3. The second-order valence-electron chi connectivity index (χ2n) is 4.79. The lowest BCUT2D eigenvalue weighted by molar-refractivity contribution is 0.0710. The summed E-state index contributed by atoms with van der Waals surface area (Å²) in [6.45, 7) is 0. The molecule has 2 nitrogen and oxygen atoms in total. The quantitative estimate of drug-likeness (QED) is 0.726. The molecule has 2 aliphatic rings. The number of hydrogen-bond donors (Lipinski definition) is 1. The fourth-order valence-electron chi connectivity index (χ4n) is 2.38. The van der Waals surface area contributed by atoms with Crippen LogP contribution < -0.4 is 0 Å². The van der Waals surface area contributed by atoms with Crippen molar-refractivity contribution in [2.75, 3.05) is 7.11 Å². The van der Waals surface area contributed by atoms with Crippen LogP contribution in [0.1, 0.15) is 64.2 Å². The Balaban J connectivity index is 0.000000151. The molecule has 15 heavy (non-hydrogen) atoms. The summed E-state index contributed by atoms with van der Waals surface area (Å²) in [6, 6.07) is 0. The van der Waals surface area contributed by atoms with Crippen LogP contribution in [-0.2, 0) is 4.74 Å². The van der Waals surface area contributed by atoms with Gasteiger partial charge in [0.15, 0.2) is 0 Å². The summed E-state index contributed by atoms with van der Waals surface area (Å²) in [7, 11) is 1.82. The lowest BCUT2D eigenvalue weighted by Gasteiger charge is -2.19. The zero-order valence-electron chi connectivity index (χ0n) is 10.1. The number of aliphatic hydroxyl groups excluding tert-OH is 1. The SMILES string of the molecule is COC1CCCCC1.OC1CCCCC1. The molecular weight excluding hydrogens is 188 g/mol. The molecule has 0 aromatic carbocycles. The van der Waals surface area contributed by atoms with Gasteiger partial charge in [0.1, 0.15) is 0 Å². The largest absolute Gasteiger partial charge is 0.393 e. The van der Waals surface area contributed by atoms with E-state index in [0.717, 1.165) is 12.8 Å². The van der Waals surface area contributed by atoms with Gasteiger partial charge in [-0.15, -0.1) is 0 Å². The van der Waals surface area contributed by atoms with E-state index in [1.807, 2.05) is 7.11 Å². The number of rotatable bonds is 1. The van der Waals surface area contributed by atoms with Crippen LogP contribution in [0.4, 0.5) is 0 Å². The van der Waals surface area contributed by atoms with Crippen LogP contribution >= 0.6 is 0 Å². The zero-order chi connectivity index (χ0) is 10.9. The number of ether oxygens (including phenoxy) is 1. The monoisotopic (exact) mass is 214 g/mol. The summed E-state index contributed by atoms with van der Waals surface area (Å²) in [5, 5.41) is 8.91. The van der Waals surface area contributed by atoms with Crippen LogP contribution in [0.2, 0.25) is 0 Å². The fourth-order valence-corrected chi connectivity index (χ4v) is 2.38. The molecule has 2 saturated carbocycles. The van der Waals surface area contributed by atoms with Gasteiger partial charge in [-0.1, -0.05) is 38.5 Å². The van der Waals surface area contributed by atoms with Gasteiger partial charge in [-0.05, 0) is 25.7 Å².